The zero-order chi connectivity index (χ0) is 7.82. The second kappa shape index (κ2) is 7.74. The Hall–Kier alpha value is 0.632. The van der Waals surface area contributed by atoms with E-state index < -0.39 is 9.04 Å². The van der Waals surface area contributed by atoms with Crippen LogP contribution in [0.15, 0.2) is 0 Å². The van der Waals surface area contributed by atoms with Crippen LogP contribution in [-0.4, -0.2) is 30.0 Å². The molecule has 1 radical (unpaired) electrons. The fraction of sp³-hybridized carbons (Fsp3) is 1.00. The van der Waals surface area contributed by atoms with Gasteiger partial charge in [-0.1, -0.05) is 0 Å². The third kappa shape index (κ3) is 6.75. The van der Waals surface area contributed by atoms with Crippen LogP contribution < -0.4 is 0 Å². The molecule has 0 fully saturated rings. The van der Waals surface area contributed by atoms with E-state index in [2.05, 4.69) is 15.7 Å². The van der Waals surface area contributed by atoms with Gasteiger partial charge in [0.15, 0.2) is 9.04 Å². The first kappa shape index (κ1) is 10.6. The van der Waals surface area contributed by atoms with E-state index in [0.717, 1.165) is 13.0 Å². The minimum absolute atomic E-state index is 0.824. The summed E-state index contributed by atoms with van der Waals surface area (Å²) in [6, 6.07) is 1.20. The van der Waals surface area contributed by atoms with Gasteiger partial charge in [-0.3, -0.25) is 0 Å². The molecule has 0 spiro atoms. The van der Waals surface area contributed by atoms with Crippen LogP contribution in [0.3, 0.4) is 0 Å². The van der Waals surface area contributed by atoms with Gasteiger partial charge in [-0.25, -0.2) is 0 Å². The predicted octanol–water partition coefficient (Wildman–Crippen LogP) is 0.802. The predicted molar refractivity (Wildman–Crippen MR) is 50.9 cm³/mol. The molecular weight excluding hydrogens is 162 g/mol. The van der Waals surface area contributed by atoms with Crippen molar-refractivity contribution in [2.45, 2.75) is 19.0 Å². The molecule has 2 unspecified atom stereocenters. The van der Waals surface area contributed by atoms with Crippen LogP contribution in [0.1, 0.15) is 6.42 Å². The topological polar surface area (TPSA) is 18.5 Å². The highest BCUT2D eigenvalue weighted by Crippen LogP contribution is 1.98. The lowest BCUT2D eigenvalue weighted by Gasteiger charge is -2.05. The Kier molecular flexibility index (Phi) is 8.22. The van der Waals surface area contributed by atoms with Crippen LogP contribution >= 0.6 is 9.12 Å². The molecule has 0 saturated carbocycles. The van der Waals surface area contributed by atoms with Crippen molar-refractivity contribution >= 4 is 25.4 Å². The van der Waals surface area contributed by atoms with E-state index in [9.17, 15) is 0 Å². The first-order chi connectivity index (χ1) is 4.81. The summed E-state index contributed by atoms with van der Waals surface area (Å²) in [5, 5.41) is 0. The van der Waals surface area contributed by atoms with Gasteiger partial charge < -0.3 is 9.08 Å². The summed E-state index contributed by atoms with van der Waals surface area (Å²) in [7, 11) is 5.04. The molecule has 0 rings (SSSR count). The summed E-state index contributed by atoms with van der Waals surface area (Å²) in [5.74, 6) is 0. The average Bonchev–Trinajstić information content (AvgIpc) is 1.98. The Labute approximate surface area is 67.8 Å². The summed E-state index contributed by atoms with van der Waals surface area (Å²) in [6.07, 6.45) is 1.12. The molecule has 2 atom stereocenters. The van der Waals surface area contributed by atoms with Crippen LogP contribution in [0.4, 0.5) is 0 Å². The van der Waals surface area contributed by atoms with Crippen LogP contribution in [0.25, 0.3) is 0 Å². The van der Waals surface area contributed by atoms with Crippen LogP contribution in [-0.2, 0) is 9.08 Å². The lowest BCUT2D eigenvalue weighted by atomic mass is 10.5. The number of hydrogen-bond donors (Lipinski definition) is 0. The van der Waals surface area contributed by atoms with Gasteiger partial charge in [0, 0.05) is 13.7 Å². The quantitative estimate of drug-likeness (QED) is 0.339. The summed E-state index contributed by atoms with van der Waals surface area (Å²) < 4.78 is 10.2. The van der Waals surface area contributed by atoms with Gasteiger partial charge in [-0.05, 0) is 19.0 Å². The Morgan fingerprint density at radius 2 is 2.30 bits per heavy atom. The van der Waals surface area contributed by atoms with Gasteiger partial charge in [0.2, 0.25) is 0 Å². The molecule has 5 heteroatoms. The number of hydrogen-bond acceptors (Lipinski definition) is 2. The first-order valence-corrected chi connectivity index (χ1v) is 6.60. The van der Waals surface area contributed by atoms with Crippen molar-refractivity contribution in [2.75, 3.05) is 13.7 Å². The summed E-state index contributed by atoms with van der Waals surface area (Å²) in [5.41, 5.74) is 0. The van der Waals surface area contributed by atoms with E-state index in [1.165, 1.54) is 6.04 Å². The normalized spacial score (nSPS) is 13.1. The minimum atomic E-state index is -0.825. The standard InChI is InChI=1S/C5H15BO2PSi/c1-7-10(2)5-3-4-8-6-9/h10H,3-5,9H2,1-2H3. The minimum Gasteiger partial charge on any atom is -0.435 e. The molecule has 0 N–H and O–H groups in total. The molecule has 0 bridgehead atoms. The molecule has 59 valence electrons. The lowest BCUT2D eigenvalue weighted by Crippen LogP contribution is -2.10. The van der Waals surface area contributed by atoms with E-state index in [0.29, 0.717) is 0 Å². The Balaban J connectivity index is 2.89. The highest BCUT2D eigenvalue weighted by molar-refractivity contribution is 7.54. The zero-order valence-corrected chi connectivity index (χ0v) is 8.98. The molecule has 0 aliphatic carbocycles. The van der Waals surface area contributed by atoms with Crippen molar-refractivity contribution < 1.29 is 9.08 Å². The maximum Gasteiger partial charge on any atom is 0.318 e. The Morgan fingerprint density at radius 1 is 1.60 bits per heavy atom. The Morgan fingerprint density at radius 3 is 2.80 bits per heavy atom. The summed E-state index contributed by atoms with van der Waals surface area (Å²) in [6.45, 7) is 3.02. The smallest absolute Gasteiger partial charge is 0.318 e. The van der Waals surface area contributed by atoms with Crippen molar-refractivity contribution in [1.29, 1.82) is 0 Å². The average molecular weight is 177 g/mol. The van der Waals surface area contributed by atoms with Crippen molar-refractivity contribution in [3.05, 3.63) is 0 Å². The molecule has 0 aliphatic rings. The van der Waals surface area contributed by atoms with E-state index in [4.69, 9.17) is 9.08 Å². The molecule has 0 saturated heterocycles. The van der Waals surface area contributed by atoms with Crippen molar-refractivity contribution in [2.24, 2.45) is 0 Å². The molecule has 0 aromatic carbocycles. The van der Waals surface area contributed by atoms with Gasteiger partial charge in [-0.15, -0.1) is 9.12 Å². The maximum atomic E-state index is 5.20. The van der Waals surface area contributed by atoms with Gasteiger partial charge in [0.25, 0.3) is 0 Å². The van der Waals surface area contributed by atoms with E-state index in [-0.39, 0.29) is 0 Å². The van der Waals surface area contributed by atoms with E-state index >= 15 is 0 Å². The number of rotatable bonds is 6. The SMILES string of the molecule is CO[SiH](C)CCCO[B]P. The fourth-order valence-corrected chi connectivity index (χ4v) is 1.75. The van der Waals surface area contributed by atoms with Gasteiger partial charge >= 0.3 is 7.20 Å². The van der Waals surface area contributed by atoms with Crippen LogP contribution in [0, 0.1) is 0 Å². The van der Waals surface area contributed by atoms with E-state index in [1.54, 1.807) is 14.3 Å². The zero-order valence-electron chi connectivity index (χ0n) is 6.67. The van der Waals surface area contributed by atoms with Gasteiger partial charge in [-0.2, -0.15) is 0 Å². The van der Waals surface area contributed by atoms with Crippen molar-refractivity contribution in [3.8, 4) is 0 Å². The third-order valence-electron chi connectivity index (χ3n) is 1.37. The third-order valence-corrected chi connectivity index (χ3v) is 3.59. The molecular formula is C5H15BO2PSi. The van der Waals surface area contributed by atoms with Crippen molar-refractivity contribution in [1.82, 2.24) is 0 Å². The highest BCUT2D eigenvalue weighted by atomic mass is 31.0. The second-order valence-electron chi connectivity index (χ2n) is 2.20. The second-order valence-corrected chi connectivity index (χ2v) is 5.14. The van der Waals surface area contributed by atoms with Gasteiger partial charge in [0.1, 0.15) is 0 Å². The molecule has 0 aliphatic heterocycles. The summed E-state index contributed by atoms with van der Waals surface area (Å²) in [4.78, 5) is 0. The van der Waals surface area contributed by atoms with Gasteiger partial charge in [0.05, 0.1) is 0 Å². The first-order valence-electron chi connectivity index (χ1n) is 3.49. The summed E-state index contributed by atoms with van der Waals surface area (Å²) >= 11 is 0. The van der Waals surface area contributed by atoms with Crippen LogP contribution in [0.2, 0.25) is 12.6 Å². The van der Waals surface area contributed by atoms with E-state index in [1.807, 2.05) is 0 Å². The lowest BCUT2D eigenvalue weighted by molar-refractivity contribution is 0.339. The largest absolute Gasteiger partial charge is 0.435 e. The molecule has 10 heavy (non-hydrogen) atoms. The molecule has 0 aromatic heterocycles. The maximum absolute atomic E-state index is 5.20. The molecule has 0 amide bonds. The molecule has 2 nitrogen and oxygen atoms in total. The fourth-order valence-electron chi connectivity index (χ4n) is 0.640. The molecule has 0 heterocycles. The van der Waals surface area contributed by atoms with Crippen molar-refractivity contribution in [3.63, 3.8) is 0 Å². The molecule has 0 aromatic rings. The Bertz CT molecular complexity index is 76.7. The van der Waals surface area contributed by atoms with Crippen LogP contribution in [0.5, 0.6) is 0 Å². The monoisotopic (exact) mass is 177 g/mol. The highest BCUT2D eigenvalue weighted by Gasteiger charge is 2.00.